The number of anilines is 1. The van der Waals surface area contributed by atoms with Gasteiger partial charge in [0, 0.05) is 19.5 Å². The predicted molar refractivity (Wildman–Crippen MR) is 93.7 cm³/mol. The summed E-state index contributed by atoms with van der Waals surface area (Å²) in [5.41, 5.74) is 3.40. The zero-order valence-corrected chi connectivity index (χ0v) is 14.1. The SMILES string of the molecule is COc1ccc(CNC(C)c2cccc(C#N)c2)cc1NC(C)=O. The van der Waals surface area contributed by atoms with E-state index in [9.17, 15) is 4.79 Å². The molecule has 2 aromatic carbocycles. The second kappa shape index (κ2) is 8.14. The lowest BCUT2D eigenvalue weighted by Crippen LogP contribution is -2.18. The Hall–Kier alpha value is -2.84. The van der Waals surface area contributed by atoms with Crippen molar-refractivity contribution in [3.8, 4) is 11.8 Å². The molecule has 0 aliphatic carbocycles. The van der Waals surface area contributed by atoms with Gasteiger partial charge in [-0.25, -0.2) is 0 Å². The van der Waals surface area contributed by atoms with Crippen molar-refractivity contribution in [2.45, 2.75) is 26.4 Å². The van der Waals surface area contributed by atoms with E-state index in [0.29, 0.717) is 23.5 Å². The average Bonchev–Trinajstić information content (AvgIpc) is 2.59. The van der Waals surface area contributed by atoms with Gasteiger partial charge in [-0.2, -0.15) is 5.26 Å². The zero-order valence-electron chi connectivity index (χ0n) is 14.1. The number of amides is 1. The van der Waals surface area contributed by atoms with Crippen molar-refractivity contribution in [2.75, 3.05) is 12.4 Å². The van der Waals surface area contributed by atoms with E-state index in [1.807, 2.05) is 36.4 Å². The van der Waals surface area contributed by atoms with Crippen molar-refractivity contribution < 1.29 is 9.53 Å². The van der Waals surface area contributed by atoms with Crippen LogP contribution in [0.4, 0.5) is 5.69 Å². The summed E-state index contributed by atoms with van der Waals surface area (Å²) < 4.78 is 5.26. The molecule has 0 aliphatic heterocycles. The molecule has 1 amide bonds. The fourth-order valence-electron chi connectivity index (χ4n) is 2.42. The van der Waals surface area contributed by atoms with E-state index in [-0.39, 0.29) is 11.9 Å². The van der Waals surface area contributed by atoms with Crippen molar-refractivity contribution in [3.63, 3.8) is 0 Å². The first-order valence-electron chi connectivity index (χ1n) is 7.71. The highest BCUT2D eigenvalue weighted by Gasteiger charge is 2.09. The third-order valence-corrected chi connectivity index (χ3v) is 3.70. The standard InChI is InChI=1S/C19H21N3O2/c1-13(17-6-4-5-15(9-17)11-20)21-12-16-7-8-19(24-3)18(10-16)22-14(2)23/h4-10,13,21H,12H2,1-3H3,(H,22,23). The fourth-order valence-corrected chi connectivity index (χ4v) is 2.42. The second-order valence-corrected chi connectivity index (χ2v) is 5.56. The Morgan fingerprint density at radius 1 is 1.29 bits per heavy atom. The molecule has 5 nitrogen and oxygen atoms in total. The molecule has 5 heteroatoms. The lowest BCUT2D eigenvalue weighted by atomic mass is 10.1. The van der Waals surface area contributed by atoms with Crippen molar-refractivity contribution in [3.05, 3.63) is 59.2 Å². The minimum absolute atomic E-state index is 0.101. The van der Waals surface area contributed by atoms with Gasteiger partial charge in [0.05, 0.1) is 24.4 Å². The molecule has 0 spiro atoms. The maximum atomic E-state index is 11.3. The molecule has 24 heavy (non-hydrogen) atoms. The first-order valence-corrected chi connectivity index (χ1v) is 7.71. The Morgan fingerprint density at radius 3 is 2.75 bits per heavy atom. The normalized spacial score (nSPS) is 11.4. The molecule has 1 atom stereocenters. The summed E-state index contributed by atoms with van der Waals surface area (Å²) in [5, 5.41) is 15.2. The minimum Gasteiger partial charge on any atom is -0.495 e. The van der Waals surface area contributed by atoms with Gasteiger partial charge in [0.2, 0.25) is 5.91 Å². The van der Waals surface area contributed by atoms with Crippen LogP contribution in [0.3, 0.4) is 0 Å². The largest absolute Gasteiger partial charge is 0.495 e. The number of ether oxygens (including phenoxy) is 1. The lowest BCUT2D eigenvalue weighted by molar-refractivity contribution is -0.114. The maximum absolute atomic E-state index is 11.3. The van der Waals surface area contributed by atoms with Gasteiger partial charge in [0.25, 0.3) is 0 Å². The molecular formula is C19H21N3O2. The molecular weight excluding hydrogens is 302 g/mol. The van der Waals surface area contributed by atoms with Gasteiger partial charge >= 0.3 is 0 Å². The quantitative estimate of drug-likeness (QED) is 0.854. The predicted octanol–water partition coefficient (Wildman–Crippen LogP) is 3.38. The van der Waals surface area contributed by atoms with E-state index >= 15 is 0 Å². The molecule has 2 N–H and O–H groups in total. The highest BCUT2D eigenvalue weighted by Crippen LogP contribution is 2.26. The number of methoxy groups -OCH3 is 1. The Labute approximate surface area is 142 Å². The van der Waals surface area contributed by atoms with E-state index in [1.165, 1.54) is 6.92 Å². The van der Waals surface area contributed by atoms with Crippen LogP contribution in [-0.2, 0) is 11.3 Å². The van der Waals surface area contributed by atoms with Crippen molar-refractivity contribution >= 4 is 11.6 Å². The Morgan fingerprint density at radius 2 is 2.08 bits per heavy atom. The third kappa shape index (κ3) is 4.58. The summed E-state index contributed by atoms with van der Waals surface area (Å²) >= 11 is 0. The number of hydrogen-bond donors (Lipinski definition) is 2. The summed E-state index contributed by atoms with van der Waals surface area (Å²) in [6.45, 7) is 4.15. The van der Waals surface area contributed by atoms with Crippen LogP contribution in [0.2, 0.25) is 0 Å². The highest BCUT2D eigenvalue weighted by molar-refractivity contribution is 5.90. The molecule has 0 saturated carbocycles. The lowest BCUT2D eigenvalue weighted by Gasteiger charge is -2.16. The summed E-state index contributed by atoms with van der Waals surface area (Å²) in [6.07, 6.45) is 0. The van der Waals surface area contributed by atoms with Gasteiger partial charge in [0.15, 0.2) is 0 Å². The van der Waals surface area contributed by atoms with E-state index < -0.39 is 0 Å². The number of hydrogen-bond acceptors (Lipinski definition) is 4. The van der Waals surface area contributed by atoms with Gasteiger partial charge in [-0.3, -0.25) is 4.79 Å². The first-order chi connectivity index (χ1) is 11.5. The number of rotatable bonds is 6. The van der Waals surface area contributed by atoms with Crippen LogP contribution in [0, 0.1) is 11.3 Å². The molecule has 2 rings (SSSR count). The Balaban J connectivity index is 2.08. The van der Waals surface area contributed by atoms with Crippen LogP contribution in [0.5, 0.6) is 5.75 Å². The third-order valence-electron chi connectivity index (χ3n) is 3.70. The molecule has 1 unspecified atom stereocenters. The number of carbonyl (C=O) groups excluding carboxylic acids is 1. The number of carbonyl (C=O) groups is 1. The molecule has 0 bridgehead atoms. The summed E-state index contributed by atoms with van der Waals surface area (Å²) in [7, 11) is 1.57. The fraction of sp³-hybridized carbons (Fsp3) is 0.263. The molecule has 124 valence electrons. The topological polar surface area (TPSA) is 74.2 Å². The molecule has 0 aromatic heterocycles. The van der Waals surface area contributed by atoms with E-state index in [4.69, 9.17) is 10.00 Å². The van der Waals surface area contributed by atoms with Gasteiger partial charge in [0.1, 0.15) is 5.75 Å². The van der Waals surface area contributed by atoms with Crippen LogP contribution < -0.4 is 15.4 Å². The monoisotopic (exact) mass is 323 g/mol. The maximum Gasteiger partial charge on any atom is 0.221 e. The number of benzene rings is 2. The second-order valence-electron chi connectivity index (χ2n) is 5.56. The first kappa shape index (κ1) is 17.5. The van der Waals surface area contributed by atoms with Crippen LogP contribution >= 0.6 is 0 Å². The van der Waals surface area contributed by atoms with Crippen LogP contribution in [0.1, 0.15) is 36.6 Å². The highest BCUT2D eigenvalue weighted by atomic mass is 16.5. The Kier molecular flexibility index (Phi) is 5.94. The van der Waals surface area contributed by atoms with Crippen molar-refractivity contribution in [1.29, 1.82) is 5.26 Å². The summed E-state index contributed by atoms with van der Waals surface area (Å²) in [4.78, 5) is 11.3. The minimum atomic E-state index is -0.139. The summed E-state index contributed by atoms with van der Waals surface area (Å²) in [6, 6.07) is 15.5. The van der Waals surface area contributed by atoms with Gasteiger partial charge in [-0.05, 0) is 42.3 Å². The summed E-state index contributed by atoms with van der Waals surface area (Å²) in [5.74, 6) is 0.490. The Bertz CT molecular complexity index is 765. The van der Waals surface area contributed by atoms with Crippen LogP contribution in [0.15, 0.2) is 42.5 Å². The molecule has 2 aromatic rings. The van der Waals surface area contributed by atoms with Gasteiger partial charge in [-0.15, -0.1) is 0 Å². The van der Waals surface area contributed by atoms with Crippen molar-refractivity contribution in [1.82, 2.24) is 5.32 Å². The average molecular weight is 323 g/mol. The molecule has 0 aliphatic rings. The van der Waals surface area contributed by atoms with Gasteiger partial charge < -0.3 is 15.4 Å². The molecule has 0 radical (unpaired) electrons. The number of nitriles is 1. The van der Waals surface area contributed by atoms with Crippen LogP contribution in [-0.4, -0.2) is 13.0 Å². The van der Waals surface area contributed by atoms with E-state index in [1.54, 1.807) is 13.2 Å². The smallest absolute Gasteiger partial charge is 0.221 e. The molecule has 0 heterocycles. The molecule has 0 saturated heterocycles. The number of nitrogens with zero attached hydrogens (tertiary/aromatic N) is 1. The molecule has 0 fully saturated rings. The van der Waals surface area contributed by atoms with E-state index in [2.05, 4.69) is 23.6 Å². The number of nitrogens with one attached hydrogen (secondary N) is 2. The van der Waals surface area contributed by atoms with Crippen molar-refractivity contribution in [2.24, 2.45) is 0 Å². The van der Waals surface area contributed by atoms with Crippen LogP contribution in [0.25, 0.3) is 0 Å². The van der Waals surface area contributed by atoms with Gasteiger partial charge in [-0.1, -0.05) is 18.2 Å². The zero-order chi connectivity index (χ0) is 17.5. The van der Waals surface area contributed by atoms with E-state index in [0.717, 1.165) is 11.1 Å².